The number of amides is 2. The molecule has 1 aromatic carbocycles. The summed E-state index contributed by atoms with van der Waals surface area (Å²) in [5.74, 6) is 0.252. The molecule has 2 unspecified atom stereocenters. The highest BCUT2D eigenvalue weighted by Gasteiger charge is 2.15. The molecule has 3 N–H and O–H groups in total. The predicted molar refractivity (Wildman–Crippen MR) is 104 cm³/mol. The fourth-order valence-electron chi connectivity index (χ4n) is 2.41. The molecule has 2 amide bonds. The van der Waals surface area contributed by atoms with E-state index >= 15 is 0 Å². The number of hydrogen-bond acceptors (Lipinski definition) is 3. The van der Waals surface area contributed by atoms with E-state index in [-0.39, 0.29) is 23.9 Å². The van der Waals surface area contributed by atoms with Gasteiger partial charge in [0.2, 0.25) is 0 Å². The van der Waals surface area contributed by atoms with Gasteiger partial charge in [-0.2, -0.15) is 0 Å². The van der Waals surface area contributed by atoms with Crippen molar-refractivity contribution < 1.29 is 9.90 Å². The summed E-state index contributed by atoms with van der Waals surface area (Å²) in [6.45, 7) is 9.82. The maximum absolute atomic E-state index is 12.1. The van der Waals surface area contributed by atoms with Gasteiger partial charge in [-0.3, -0.25) is 0 Å². The number of urea groups is 1. The van der Waals surface area contributed by atoms with Crippen LogP contribution in [0.4, 0.5) is 4.79 Å². The van der Waals surface area contributed by atoms with E-state index in [4.69, 9.17) is 0 Å². The van der Waals surface area contributed by atoms with Crippen LogP contribution in [0.1, 0.15) is 12.5 Å². The van der Waals surface area contributed by atoms with Gasteiger partial charge in [-0.15, -0.1) is 0 Å². The summed E-state index contributed by atoms with van der Waals surface area (Å²) in [5, 5.41) is 15.2. The Hall–Kier alpha value is -2.53. The molecule has 25 heavy (non-hydrogen) atoms. The first-order chi connectivity index (χ1) is 11.9. The van der Waals surface area contributed by atoms with Gasteiger partial charge in [0.25, 0.3) is 0 Å². The number of phenolic OH excluding ortho intramolecular Hbond substituents is 1. The zero-order chi connectivity index (χ0) is 18.8. The van der Waals surface area contributed by atoms with Crippen molar-refractivity contribution in [3.05, 3.63) is 66.8 Å². The molecule has 0 aliphatic heterocycles. The van der Waals surface area contributed by atoms with Crippen LogP contribution in [-0.2, 0) is 6.42 Å². The molecule has 5 heteroatoms. The quantitative estimate of drug-likeness (QED) is 0.604. The van der Waals surface area contributed by atoms with E-state index in [1.807, 2.05) is 39.2 Å². The Morgan fingerprint density at radius 3 is 2.44 bits per heavy atom. The third kappa shape index (κ3) is 7.27. The molecule has 0 spiro atoms. The average molecular weight is 343 g/mol. The number of rotatable bonds is 9. The fraction of sp³-hybridized carbons (Fsp3) is 0.350. The lowest BCUT2D eigenvalue weighted by atomic mass is 10.0. The molecule has 0 aromatic heterocycles. The Labute approximate surface area is 150 Å². The molecular formula is C20H29N3O2. The molecule has 1 aromatic rings. The number of likely N-dealkylation sites (N-methyl/N-ethyl adjacent to an activating group) is 1. The normalized spacial score (nSPS) is 13.8. The summed E-state index contributed by atoms with van der Waals surface area (Å²) >= 11 is 0. The first kappa shape index (κ1) is 20.5. The number of hydrogen-bond donors (Lipinski definition) is 3. The van der Waals surface area contributed by atoms with Gasteiger partial charge in [0.15, 0.2) is 0 Å². The van der Waals surface area contributed by atoms with Gasteiger partial charge in [-0.1, -0.05) is 43.5 Å². The number of phenols is 1. The molecule has 5 nitrogen and oxygen atoms in total. The van der Waals surface area contributed by atoms with Crippen molar-refractivity contribution >= 4 is 6.03 Å². The zero-order valence-corrected chi connectivity index (χ0v) is 15.3. The second-order valence-corrected chi connectivity index (χ2v) is 6.17. The van der Waals surface area contributed by atoms with E-state index in [9.17, 15) is 9.90 Å². The molecule has 0 saturated heterocycles. The minimum absolute atomic E-state index is 0.146. The topological polar surface area (TPSA) is 64.6 Å². The molecule has 0 aliphatic carbocycles. The molecule has 0 heterocycles. The lowest BCUT2D eigenvalue weighted by molar-refractivity contribution is 0.230. The van der Waals surface area contributed by atoms with Crippen molar-refractivity contribution in [2.24, 2.45) is 0 Å². The zero-order valence-electron chi connectivity index (χ0n) is 15.3. The lowest BCUT2D eigenvalue weighted by Crippen LogP contribution is -2.47. The number of benzene rings is 1. The van der Waals surface area contributed by atoms with Crippen molar-refractivity contribution in [3.63, 3.8) is 0 Å². The van der Waals surface area contributed by atoms with Crippen LogP contribution in [0.25, 0.3) is 0 Å². The van der Waals surface area contributed by atoms with Crippen molar-refractivity contribution in [2.75, 3.05) is 20.6 Å². The maximum Gasteiger partial charge on any atom is 0.315 e. The summed E-state index contributed by atoms with van der Waals surface area (Å²) in [4.78, 5) is 14.2. The van der Waals surface area contributed by atoms with Gasteiger partial charge in [-0.05, 0) is 50.7 Å². The third-order valence-corrected chi connectivity index (χ3v) is 4.03. The molecular weight excluding hydrogens is 314 g/mol. The highest BCUT2D eigenvalue weighted by atomic mass is 16.3. The summed E-state index contributed by atoms with van der Waals surface area (Å²) in [6.07, 6.45) is 5.98. The molecule has 2 atom stereocenters. The average Bonchev–Trinajstić information content (AvgIpc) is 2.57. The second-order valence-electron chi connectivity index (χ2n) is 6.17. The van der Waals surface area contributed by atoms with E-state index in [0.717, 1.165) is 17.6 Å². The van der Waals surface area contributed by atoms with E-state index in [1.165, 1.54) is 0 Å². The number of nitrogens with zero attached hydrogens (tertiary/aromatic N) is 1. The van der Waals surface area contributed by atoms with Crippen LogP contribution in [0.5, 0.6) is 5.75 Å². The lowest BCUT2D eigenvalue weighted by Gasteiger charge is -2.25. The number of allylic oxidation sites excluding steroid dienone is 2. The van der Waals surface area contributed by atoms with Gasteiger partial charge in [0.05, 0.1) is 6.04 Å². The minimum atomic E-state index is -0.220. The Balaban J connectivity index is 2.57. The monoisotopic (exact) mass is 343 g/mol. The summed E-state index contributed by atoms with van der Waals surface area (Å²) in [7, 11) is 3.96. The Kier molecular flexibility index (Phi) is 8.50. The van der Waals surface area contributed by atoms with Crippen molar-refractivity contribution in [1.29, 1.82) is 0 Å². The van der Waals surface area contributed by atoms with Gasteiger partial charge in [0.1, 0.15) is 5.75 Å². The highest BCUT2D eigenvalue weighted by Crippen LogP contribution is 2.12. The van der Waals surface area contributed by atoms with Crippen molar-refractivity contribution in [1.82, 2.24) is 15.5 Å². The van der Waals surface area contributed by atoms with Crippen LogP contribution in [0.2, 0.25) is 0 Å². The van der Waals surface area contributed by atoms with Crippen LogP contribution in [-0.4, -0.2) is 48.8 Å². The standard InChI is InChI=1S/C20H29N3O2/c1-6-8-17(7-2)15(3)22-20(25)21-14-18(23(4)5)13-16-9-11-19(24)12-10-16/h6-12,15,18,24H,1-2,13-14H2,3-5H3,(H2,21,22,25)/b17-8+. The number of aromatic hydroxyl groups is 1. The molecule has 0 radical (unpaired) electrons. The number of carbonyl (C=O) groups excluding carboxylic acids is 1. The van der Waals surface area contributed by atoms with Crippen LogP contribution in [0.15, 0.2) is 61.2 Å². The van der Waals surface area contributed by atoms with Crippen LogP contribution in [0.3, 0.4) is 0 Å². The Bertz CT molecular complexity index is 606. The summed E-state index contributed by atoms with van der Waals surface area (Å²) < 4.78 is 0. The van der Waals surface area contributed by atoms with Crippen LogP contribution in [0, 0.1) is 0 Å². The Morgan fingerprint density at radius 1 is 1.28 bits per heavy atom. The summed E-state index contributed by atoms with van der Waals surface area (Å²) in [6, 6.07) is 6.91. The minimum Gasteiger partial charge on any atom is -0.508 e. The SMILES string of the molecule is C=C/C=C(\C=C)C(C)NC(=O)NCC(Cc1ccc(O)cc1)N(C)C. The van der Waals surface area contributed by atoms with Crippen molar-refractivity contribution in [2.45, 2.75) is 25.4 Å². The number of carbonyl (C=O) groups is 1. The fourth-order valence-corrected chi connectivity index (χ4v) is 2.41. The van der Waals surface area contributed by atoms with E-state index in [2.05, 4.69) is 28.7 Å². The van der Waals surface area contributed by atoms with Crippen LogP contribution >= 0.6 is 0 Å². The maximum atomic E-state index is 12.1. The first-order valence-corrected chi connectivity index (χ1v) is 8.31. The molecule has 0 saturated carbocycles. The van der Waals surface area contributed by atoms with E-state index in [1.54, 1.807) is 24.3 Å². The van der Waals surface area contributed by atoms with Gasteiger partial charge < -0.3 is 20.6 Å². The largest absolute Gasteiger partial charge is 0.508 e. The van der Waals surface area contributed by atoms with Gasteiger partial charge in [0, 0.05) is 12.6 Å². The summed E-state index contributed by atoms with van der Waals surface area (Å²) in [5.41, 5.74) is 2.01. The van der Waals surface area contributed by atoms with Crippen molar-refractivity contribution in [3.8, 4) is 5.75 Å². The highest BCUT2D eigenvalue weighted by molar-refractivity contribution is 5.74. The Morgan fingerprint density at radius 2 is 1.92 bits per heavy atom. The molecule has 0 bridgehead atoms. The van der Waals surface area contributed by atoms with Gasteiger partial charge in [-0.25, -0.2) is 4.79 Å². The van der Waals surface area contributed by atoms with Crippen LogP contribution < -0.4 is 10.6 Å². The van der Waals surface area contributed by atoms with E-state index < -0.39 is 0 Å². The smallest absolute Gasteiger partial charge is 0.315 e. The third-order valence-electron chi connectivity index (χ3n) is 4.03. The molecule has 1 rings (SSSR count). The molecule has 0 aliphatic rings. The molecule has 0 fully saturated rings. The first-order valence-electron chi connectivity index (χ1n) is 8.31. The second kappa shape index (κ2) is 10.4. The van der Waals surface area contributed by atoms with E-state index in [0.29, 0.717) is 6.54 Å². The predicted octanol–water partition coefficient (Wildman–Crippen LogP) is 2.85. The molecule has 136 valence electrons. The van der Waals surface area contributed by atoms with Gasteiger partial charge >= 0.3 is 6.03 Å². The number of nitrogens with one attached hydrogen (secondary N) is 2.